The summed E-state index contributed by atoms with van der Waals surface area (Å²) in [6.45, 7) is 1.99. The van der Waals surface area contributed by atoms with Crippen LogP contribution in [0.1, 0.15) is 0 Å². The van der Waals surface area contributed by atoms with Crippen LogP contribution in [-0.4, -0.2) is 44.0 Å². The monoisotopic (exact) mass is 176 g/mol. The first kappa shape index (κ1) is 8.38. The zero-order chi connectivity index (χ0) is 8.77. The number of nitrogens with zero attached hydrogens (tertiary/aromatic N) is 1. The normalized spacial score (nSPS) is 41.2. The maximum absolute atomic E-state index is 13.3. The lowest BCUT2D eigenvalue weighted by molar-refractivity contribution is -0.115. The van der Waals surface area contributed by atoms with Gasteiger partial charge in [-0.2, -0.15) is 0 Å². The summed E-state index contributed by atoms with van der Waals surface area (Å²) in [5, 5.41) is 3.03. The second-order valence-corrected chi connectivity index (χ2v) is 3.98. The molecule has 70 valence electrons. The molecular weight excluding hydrogens is 162 g/mol. The summed E-state index contributed by atoms with van der Waals surface area (Å²) in [5.41, 5.74) is 0. The van der Waals surface area contributed by atoms with Crippen LogP contribution in [0.5, 0.6) is 0 Å². The molecule has 0 bridgehead atoms. The summed E-state index contributed by atoms with van der Waals surface area (Å²) in [4.78, 5) is 1.73. The molecule has 0 saturated carbocycles. The van der Waals surface area contributed by atoms with Crippen molar-refractivity contribution in [2.75, 3.05) is 33.2 Å². The van der Waals surface area contributed by atoms with Crippen LogP contribution in [0.2, 0.25) is 0 Å². The number of rotatable bonds is 0. The van der Waals surface area contributed by atoms with Gasteiger partial charge in [-0.05, 0) is 19.5 Å². The Labute approximate surface area is 70.9 Å². The van der Waals surface area contributed by atoms with Crippen molar-refractivity contribution in [3.05, 3.63) is 0 Å². The minimum absolute atomic E-state index is 0.0736. The van der Waals surface area contributed by atoms with Gasteiger partial charge in [-0.1, -0.05) is 0 Å². The molecule has 2 aliphatic heterocycles. The summed E-state index contributed by atoms with van der Waals surface area (Å²) in [5.74, 6) is -2.76. The van der Waals surface area contributed by atoms with E-state index in [1.807, 2.05) is 0 Å². The SMILES string of the molecule is CN1C[C@@H]2CNC[C@@H]2C(F)(F)C1. The number of likely N-dealkylation sites (tertiary alicyclic amines) is 1. The number of hydrogen-bond acceptors (Lipinski definition) is 2. The Hall–Kier alpha value is -0.220. The molecular formula is C8H14F2N2. The second kappa shape index (κ2) is 2.64. The molecule has 0 aromatic carbocycles. The van der Waals surface area contributed by atoms with Gasteiger partial charge < -0.3 is 10.2 Å². The van der Waals surface area contributed by atoms with Gasteiger partial charge in [0.2, 0.25) is 0 Å². The van der Waals surface area contributed by atoms with E-state index in [0.29, 0.717) is 6.54 Å². The van der Waals surface area contributed by atoms with Crippen molar-refractivity contribution in [3.63, 3.8) is 0 Å². The van der Waals surface area contributed by atoms with Crippen LogP contribution in [0.3, 0.4) is 0 Å². The second-order valence-electron chi connectivity index (χ2n) is 3.98. The van der Waals surface area contributed by atoms with Gasteiger partial charge in [0.1, 0.15) is 0 Å². The molecule has 2 saturated heterocycles. The first-order chi connectivity index (χ1) is 5.59. The van der Waals surface area contributed by atoms with Crippen molar-refractivity contribution in [2.45, 2.75) is 5.92 Å². The predicted molar refractivity (Wildman–Crippen MR) is 42.3 cm³/mol. The fraction of sp³-hybridized carbons (Fsp3) is 1.00. The number of hydrogen-bond donors (Lipinski definition) is 1. The summed E-state index contributed by atoms with van der Waals surface area (Å²) < 4.78 is 26.7. The zero-order valence-electron chi connectivity index (χ0n) is 7.19. The molecule has 0 spiro atoms. The molecule has 2 heterocycles. The Morgan fingerprint density at radius 2 is 2.17 bits per heavy atom. The number of halogens is 2. The van der Waals surface area contributed by atoms with Crippen LogP contribution in [0.15, 0.2) is 0 Å². The van der Waals surface area contributed by atoms with E-state index < -0.39 is 11.8 Å². The summed E-state index contributed by atoms with van der Waals surface area (Å²) in [7, 11) is 1.77. The maximum atomic E-state index is 13.3. The molecule has 12 heavy (non-hydrogen) atoms. The Morgan fingerprint density at radius 1 is 1.42 bits per heavy atom. The highest BCUT2D eigenvalue weighted by atomic mass is 19.3. The van der Waals surface area contributed by atoms with Crippen LogP contribution >= 0.6 is 0 Å². The summed E-state index contributed by atoms with van der Waals surface area (Å²) in [6.07, 6.45) is 0. The van der Waals surface area contributed by atoms with Crippen LogP contribution < -0.4 is 5.32 Å². The van der Waals surface area contributed by atoms with Crippen LogP contribution in [0.4, 0.5) is 8.78 Å². The Morgan fingerprint density at radius 3 is 2.92 bits per heavy atom. The molecule has 4 heteroatoms. The third-order valence-electron chi connectivity index (χ3n) is 2.91. The van der Waals surface area contributed by atoms with Gasteiger partial charge in [-0.15, -0.1) is 0 Å². The van der Waals surface area contributed by atoms with E-state index in [0.717, 1.165) is 13.1 Å². The molecule has 2 nitrogen and oxygen atoms in total. The number of nitrogens with one attached hydrogen (secondary N) is 1. The standard InChI is InChI=1S/C8H14F2N2/c1-12-4-6-2-11-3-7(6)8(9,10)5-12/h6-7,11H,2-5H2,1H3/t6-,7-/m0/s1. The minimum Gasteiger partial charge on any atom is -0.316 e. The summed E-state index contributed by atoms with van der Waals surface area (Å²) >= 11 is 0. The van der Waals surface area contributed by atoms with Crippen LogP contribution in [0, 0.1) is 11.8 Å². The smallest absolute Gasteiger partial charge is 0.264 e. The first-order valence-corrected chi connectivity index (χ1v) is 4.37. The van der Waals surface area contributed by atoms with Gasteiger partial charge in [-0.3, -0.25) is 0 Å². The maximum Gasteiger partial charge on any atom is 0.264 e. The van der Waals surface area contributed by atoms with Crippen molar-refractivity contribution in [2.24, 2.45) is 11.8 Å². The highest BCUT2D eigenvalue weighted by molar-refractivity contribution is 4.96. The molecule has 2 aliphatic rings. The molecule has 2 fully saturated rings. The van der Waals surface area contributed by atoms with Crippen molar-refractivity contribution in [1.29, 1.82) is 0 Å². The van der Waals surface area contributed by atoms with Crippen LogP contribution in [-0.2, 0) is 0 Å². The molecule has 1 N–H and O–H groups in total. The van der Waals surface area contributed by atoms with Crippen molar-refractivity contribution in [3.8, 4) is 0 Å². The average molecular weight is 176 g/mol. The number of fused-ring (bicyclic) bond motifs is 1. The quantitative estimate of drug-likeness (QED) is 0.575. The molecule has 0 unspecified atom stereocenters. The largest absolute Gasteiger partial charge is 0.316 e. The average Bonchev–Trinajstić information content (AvgIpc) is 2.32. The van der Waals surface area contributed by atoms with Gasteiger partial charge in [0.05, 0.1) is 6.54 Å². The van der Waals surface area contributed by atoms with Gasteiger partial charge in [0, 0.05) is 19.0 Å². The molecule has 2 rings (SSSR count). The van der Waals surface area contributed by atoms with Crippen LogP contribution in [0.25, 0.3) is 0 Å². The van der Waals surface area contributed by atoms with E-state index in [2.05, 4.69) is 5.32 Å². The van der Waals surface area contributed by atoms with E-state index in [9.17, 15) is 8.78 Å². The fourth-order valence-corrected chi connectivity index (χ4v) is 2.36. The third-order valence-corrected chi connectivity index (χ3v) is 2.91. The van der Waals surface area contributed by atoms with Gasteiger partial charge in [0.25, 0.3) is 5.92 Å². The van der Waals surface area contributed by atoms with E-state index in [1.54, 1.807) is 11.9 Å². The number of alkyl halides is 2. The van der Waals surface area contributed by atoms with Gasteiger partial charge in [0.15, 0.2) is 0 Å². The van der Waals surface area contributed by atoms with Crippen molar-refractivity contribution in [1.82, 2.24) is 10.2 Å². The van der Waals surface area contributed by atoms with Gasteiger partial charge in [-0.25, -0.2) is 8.78 Å². The molecule has 0 aromatic heterocycles. The molecule has 0 amide bonds. The highest BCUT2D eigenvalue weighted by Gasteiger charge is 2.50. The fourth-order valence-electron chi connectivity index (χ4n) is 2.36. The predicted octanol–water partition coefficient (Wildman–Crippen LogP) is 0.403. The molecule has 0 aromatic rings. The lowest BCUT2D eigenvalue weighted by Gasteiger charge is -2.38. The molecule has 0 radical (unpaired) electrons. The van der Waals surface area contributed by atoms with E-state index in [1.165, 1.54) is 0 Å². The summed E-state index contributed by atoms with van der Waals surface area (Å²) in [6, 6.07) is 0. The lowest BCUT2D eigenvalue weighted by atomic mass is 9.86. The van der Waals surface area contributed by atoms with E-state index in [4.69, 9.17) is 0 Å². The molecule has 2 atom stereocenters. The van der Waals surface area contributed by atoms with Crippen molar-refractivity contribution >= 4 is 0 Å². The number of piperidine rings is 1. The Bertz CT molecular complexity index is 184. The topological polar surface area (TPSA) is 15.3 Å². The Balaban J connectivity index is 2.15. The van der Waals surface area contributed by atoms with E-state index in [-0.39, 0.29) is 12.5 Å². The van der Waals surface area contributed by atoms with Crippen molar-refractivity contribution < 1.29 is 8.78 Å². The van der Waals surface area contributed by atoms with E-state index >= 15 is 0 Å². The zero-order valence-corrected chi connectivity index (χ0v) is 7.19. The third kappa shape index (κ3) is 1.23. The highest BCUT2D eigenvalue weighted by Crippen LogP contribution is 2.37. The lowest BCUT2D eigenvalue weighted by Crippen LogP contribution is -2.51. The Kier molecular flexibility index (Phi) is 1.84. The minimum atomic E-state index is -2.48. The van der Waals surface area contributed by atoms with Gasteiger partial charge >= 0.3 is 0 Å². The first-order valence-electron chi connectivity index (χ1n) is 4.37. The molecule has 0 aliphatic carbocycles.